The summed E-state index contributed by atoms with van der Waals surface area (Å²) < 4.78 is 11.0. The third-order valence-corrected chi connectivity index (χ3v) is 2.55. The van der Waals surface area contributed by atoms with E-state index in [1.165, 1.54) is 0 Å². The Morgan fingerprint density at radius 1 is 1.05 bits per heavy atom. The lowest BCUT2D eigenvalue weighted by Gasteiger charge is -2.13. The molecule has 4 nitrogen and oxygen atoms in total. The molecule has 4 heteroatoms. The molecule has 0 fully saturated rings. The van der Waals surface area contributed by atoms with Crippen molar-refractivity contribution < 1.29 is 14.6 Å². The van der Waals surface area contributed by atoms with Crippen molar-refractivity contribution in [3.05, 3.63) is 24.3 Å². The molecular formula is C15H25NO3. The fourth-order valence-electron chi connectivity index (χ4n) is 1.55. The predicted molar refractivity (Wildman–Crippen MR) is 76.9 cm³/mol. The van der Waals surface area contributed by atoms with Crippen molar-refractivity contribution in [3.8, 4) is 11.5 Å². The summed E-state index contributed by atoms with van der Waals surface area (Å²) in [5.74, 6) is 1.60. The van der Waals surface area contributed by atoms with Crippen molar-refractivity contribution in [1.29, 1.82) is 0 Å². The molecule has 0 saturated carbocycles. The number of benzene rings is 1. The summed E-state index contributed by atoms with van der Waals surface area (Å²) in [5.41, 5.74) is 0. The van der Waals surface area contributed by atoms with Crippen molar-refractivity contribution in [2.24, 2.45) is 0 Å². The van der Waals surface area contributed by atoms with E-state index >= 15 is 0 Å². The Morgan fingerprint density at radius 3 is 2.26 bits per heavy atom. The third-order valence-electron chi connectivity index (χ3n) is 2.55. The number of nitrogens with one attached hydrogen (secondary N) is 1. The molecule has 0 aliphatic heterocycles. The summed E-state index contributed by atoms with van der Waals surface area (Å²) in [5, 5.41) is 12.8. The largest absolute Gasteiger partial charge is 0.494 e. The maximum Gasteiger partial charge on any atom is 0.119 e. The van der Waals surface area contributed by atoms with Crippen LogP contribution in [0.15, 0.2) is 24.3 Å². The topological polar surface area (TPSA) is 50.7 Å². The van der Waals surface area contributed by atoms with E-state index in [-0.39, 0.29) is 0 Å². The second-order valence-electron chi connectivity index (χ2n) is 4.49. The highest BCUT2D eigenvalue weighted by molar-refractivity contribution is 5.31. The summed E-state index contributed by atoms with van der Waals surface area (Å²) in [4.78, 5) is 0. The molecule has 0 aliphatic carbocycles. The molecule has 1 atom stereocenters. The van der Waals surface area contributed by atoms with E-state index in [1.54, 1.807) is 0 Å². The molecular weight excluding hydrogens is 242 g/mol. The van der Waals surface area contributed by atoms with Crippen molar-refractivity contribution in [2.75, 3.05) is 26.3 Å². The first-order valence-corrected chi connectivity index (χ1v) is 7.00. The Hall–Kier alpha value is -1.26. The summed E-state index contributed by atoms with van der Waals surface area (Å²) in [6.45, 7) is 6.67. The van der Waals surface area contributed by atoms with Gasteiger partial charge in [-0.3, -0.25) is 0 Å². The molecule has 0 amide bonds. The van der Waals surface area contributed by atoms with E-state index in [9.17, 15) is 5.11 Å². The molecule has 0 radical (unpaired) electrons. The minimum atomic E-state index is -0.484. The Bertz CT molecular complexity index is 327. The van der Waals surface area contributed by atoms with Gasteiger partial charge in [0.2, 0.25) is 0 Å². The molecule has 1 aromatic rings. The molecule has 1 unspecified atom stereocenters. The minimum Gasteiger partial charge on any atom is -0.494 e. The first-order valence-electron chi connectivity index (χ1n) is 7.00. The molecule has 0 spiro atoms. The Labute approximate surface area is 115 Å². The van der Waals surface area contributed by atoms with Gasteiger partial charge in [0, 0.05) is 6.54 Å². The predicted octanol–water partition coefficient (Wildman–Crippen LogP) is 2.21. The minimum absolute atomic E-state index is 0.297. The fraction of sp³-hybridized carbons (Fsp3) is 0.600. The van der Waals surface area contributed by atoms with Gasteiger partial charge in [0.05, 0.1) is 6.61 Å². The summed E-state index contributed by atoms with van der Waals surface area (Å²) in [6.07, 6.45) is 1.57. The molecule has 0 aromatic heterocycles. The van der Waals surface area contributed by atoms with Crippen LogP contribution in [0.1, 0.15) is 26.7 Å². The molecule has 1 aromatic carbocycles. The van der Waals surface area contributed by atoms with E-state index < -0.39 is 6.10 Å². The average molecular weight is 267 g/mol. The van der Waals surface area contributed by atoms with Crippen molar-refractivity contribution in [3.63, 3.8) is 0 Å². The lowest BCUT2D eigenvalue weighted by atomic mass is 10.3. The summed E-state index contributed by atoms with van der Waals surface area (Å²) in [6, 6.07) is 7.48. The summed E-state index contributed by atoms with van der Waals surface area (Å²) in [7, 11) is 0. The zero-order valence-corrected chi connectivity index (χ0v) is 11.9. The number of aliphatic hydroxyl groups is 1. The second-order valence-corrected chi connectivity index (χ2v) is 4.49. The van der Waals surface area contributed by atoms with E-state index in [2.05, 4.69) is 19.2 Å². The van der Waals surface area contributed by atoms with Gasteiger partial charge < -0.3 is 19.9 Å². The highest BCUT2D eigenvalue weighted by Crippen LogP contribution is 2.17. The van der Waals surface area contributed by atoms with Crippen LogP contribution in [0.25, 0.3) is 0 Å². The van der Waals surface area contributed by atoms with Crippen LogP contribution < -0.4 is 14.8 Å². The van der Waals surface area contributed by atoms with Crippen LogP contribution in [0.2, 0.25) is 0 Å². The Kier molecular flexibility index (Phi) is 8.02. The Balaban J connectivity index is 2.25. The van der Waals surface area contributed by atoms with Gasteiger partial charge >= 0.3 is 0 Å². The molecule has 2 N–H and O–H groups in total. The highest BCUT2D eigenvalue weighted by Gasteiger charge is 2.04. The van der Waals surface area contributed by atoms with Crippen molar-refractivity contribution in [1.82, 2.24) is 5.32 Å². The van der Waals surface area contributed by atoms with Crippen molar-refractivity contribution in [2.45, 2.75) is 32.8 Å². The number of aliphatic hydroxyl groups excluding tert-OH is 1. The van der Waals surface area contributed by atoms with Crippen LogP contribution >= 0.6 is 0 Å². The van der Waals surface area contributed by atoms with Crippen LogP contribution in [0.5, 0.6) is 11.5 Å². The number of rotatable bonds is 10. The molecule has 19 heavy (non-hydrogen) atoms. The van der Waals surface area contributed by atoms with E-state index in [1.807, 2.05) is 24.3 Å². The van der Waals surface area contributed by atoms with Crippen LogP contribution in [-0.2, 0) is 0 Å². The van der Waals surface area contributed by atoms with Gasteiger partial charge in [-0.15, -0.1) is 0 Å². The number of ether oxygens (including phenoxy) is 2. The highest BCUT2D eigenvalue weighted by atomic mass is 16.5. The monoisotopic (exact) mass is 267 g/mol. The molecule has 0 bridgehead atoms. The maximum atomic E-state index is 9.70. The van der Waals surface area contributed by atoms with Crippen LogP contribution in [0.3, 0.4) is 0 Å². The quantitative estimate of drug-likeness (QED) is 0.638. The van der Waals surface area contributed by atoms with E-state index in [0.717, 1.165) is 37.5 Å². The van der Waals surface area contributed by atoms with Crippen LogP contribution in [-0.4, -0.2) is 37.5 Å². The first kappa shape index (κ1) is 15.8. The van der Waals surface area contributed by atoms with E-state index in [4.69, 9.17) is 9.47 Å². The zero-order valence-electron chi connectivity index (χ0n) is 11.9. The van der Waals surface area contributed by atoms with Crippen LogP contribution in [0, 0.1) is 0 Å². The van der Waals surface area contributed by atoms with Gasteiger partial charge in [-0.1, -0.05) is 13.8 Å². The first-order chi connectivity index (χ1) is 9.26. The third kappa shape index (κ3) is 7.03. The van der Waals surface area contributed by atoms with Gasteiger partial charge in [0.15, 0.2) is 0 Å². The molecule has 1 rings (SSSR count). The molecule has 0 saturated heterocycles. The van der Waals surface area contributed by atoms with Gasteiger partial charge in [-0.2, -0.15) is 0 Å². The zero-order chi connectivity index (χ0) is 13.9. The van der Waals surface area contributed by atoms with Gasteiger partial charge in [0.1, 0.15) is 24.2 Å². The van der Waals surface area contributed by atoms with Gasteiger partial charge in [-0.25, -0.2) is 0 Å². The Morgan fingerprint density at radius 2 is 1.68 bits per heavy atom. The smallest absolute Gasteiger partial charge is 0.119 e. The molecule has 0 aliphatic rings. The number of hydrogen-bond donors (Lipinski definition) is 2. The van der Waals surface area contributed by atoms with Gasteiger partial charge in [-0.05, 0) is 43.7 Å². The molecule has 0 heterocycles. The lowest BCUT2D eigenvalue weighted by molar-refractivity contribution is 0.106. The summed E-state index contributed by atoms with van der Waals surface area (Å²) >= 11 is 0. The fourth-order valence-corrected chi connectivity index (χ4v) is 1.55. The van der Waals surface area contributed by atoms with E-state index in [0.29, 0.717) is 13.2 Å². The number of hydrogen-bond acceptors (Lipinski definition) is 4. The lowest BCUT2D eigenvalue weighted by Crippen LogP contribution is -2.31. The maximum absolute atomic E-state index is 9.70. The average Bonchev–Trinajstić information content (AvgIpc) is 2.44. The molecule has 108 valence electrons. The van der Waals surface area contributed by atoms with Crippen molar-refractivity contribution >= 4 is 0 Å². The SMILES string of the molecule is CCCNCC(O)COc1ccc(OCCC)cc1. The van der Waals surface area contributed by atoms with Crippen LogP contribution in [0.4, 0.5) is 0 Å². The normalized spacial score (nSPS) is 12.2. The standard InChI is InChI=1S/C15H25NO3/c1-3-9-16-11-13(17)12-19-15-7-5-14(6-8-15)18-10-4-2/h5-8,13,16-17H,3-4,9-12H2,1-2H3. The second kappa shape index (κ2) is 9.64. The van der Waals surface area contributed by atoms with Gasteiger partial charge in [0.25, 0.3) is 0 Å².